The summed E-state index contributed by atoms with van der Waals surface area (Å²) in [6.07, 6.45) is 15.8. The number of hydrogen-bond donors (Lipinski definition) is 1. The highest BCUT2D eigenvalue weighted by Crippen LogP contribution is 2.40. The highest BCUT2D eigenvalue weighted by molar-refractivity contribution is 7.99. The molecule has 1 aliphatic carbocycles. The van der Waals surface area contributed by atoms with E-state index in [1.807, 2.05) is 6.08 Å². The van der Waals surface area contributed by atoms with E-state index in [4.69, 9.17) is 0 Å². The number of hydrogen-bond acceptors (Lipinski definition) is 5. The third-order valence-corrected chi connectivity index (χ3v) is 6.63. The van der Waals surface area contributed by atoms with Gasteiger partial charge in [0.25, 0.3) is 0 Å². The molecule has 1 rings (SSSR count). The summed E-state index contributed by atoms with van der Waals surface area (Å²) >= 11 is 1.77. The molecule has 0 saturated heterocycles. The molecule has 1 saturated carbocycles. The number of unbranched alkanes of at least 4 members (excludes halogenated alkanes) is 5. The fraction of sp³-hybridized carbons (Fsp3) is 0.818. The quantitative estimate of drug-likeness (QED) is 0.255. The first kappa shape index (κ1) is 24.2. The zero-order valence-electron chi connectivity index (χ0n) is 17.3. The van der Waals surface area contributed by atoms with Crippen LogP contribution in [0.15, 0.2) is 12.2 Å². The fourth-order valence-electron chi connectivity index (χ4n) is 3.86. The van der Waals surface area contributed by atoms with E-state index in [1.165, 1.54) is 7.11 Å². The molecule has 0 spiro atoms. The maximum atomic E-state index is 12.5. The Hall–Kier alpha value is -0.810. The minimum absolute atomic E-state index is 0.0853. The number of carbonyl (C=O) groups is 2. The average molecular weight is 399 g/mol. The molecule has 0 radical (unpaired) electrons. The van der Waals surface area contributed by atoms with Crippen molar-refractivity contribution >= 4 is 23.5 Å². The minimum atomic E-state index is -0.395. The number of thioether (sulfide) groups is 1. The van der Waals surface area contributed by atoms with Crippen molar-refractivity contribution in [1.82, 2.24) is 0 Å². The van der Waals surface area contributed by atoms with Crippen molar-refractivity contribution in [3.8, 4) is 0 Å². The predicted octanol–water partition coefficient (Wildman–Crippen LogP) is 4.93. The molecule has 5 heteroatoms. The first-order valence-electron chi connectivity index (χ1n) is 10.5. The molecule has 4 atom stereocenters. The Bertz CT molecular complexity index is 463. The number of carbonyl (C=O) groups excluding carboxylic acids is 2. The van der Waals surface area contributed by atoms with E-state index in [-0.39, 0.29) is 17.8 Å². The largest absolute Gasteiger partial charge is 0.469 e. The second-order valence-corrected chi connectivity index (χ2v) is 8.68. The van der Waals surface area contributed by atoms with Gasteiger partial charge in [-0.05, 0) is 31.4 Å². The van der Waals surface area contributed by atoms with Crippen LogP contribution in [0.4, 0.5) is 0 Å². The Morgan fingerprint density at radius 3 is 2.67 bits per heavy atom. The molecule has 1 unspecified atom stereocenters. The minimum Gasteiger partial charge on any atom is -0.469 e. The van der Waals surface area contributed by atoms with Crippen molar-refractivity contribution in [2.24, 2.45) is 11.8 Å². The standard InChI is InChI=1S/C22H38O4S/c1-4-5-8-11-17(23)14-15-19-18(20(24)16-21(19)27-3)12-9-6-7-10-13-22(25)26-2/h14-15,17-19,21,23H,4-13,16H2,1-3H3/b15-14+/t17-,18+,19+,21?/m0/s1. The van der Waals surface area contributed by atoms with Crippen LogP contribution in [0.3, 0.4) is 0 Å². The number of esters is 1. The zero-order chi connectivity index (χ0) is 20.1. The number of aliphatic hydroxyl groups is 1. The van der Waals surface area contributed by atoms with E-state index >= 15 is 0 Å². The maximum absolute atomic E-state index is 12.5. The molecule has 0 aliphatic heterocycles. The summed E-state index contributed by atoms with van der Waals surface area (Å²) in [6, 6.07) is 0. The normalized spacial score (nSPS) is 23.9. The molecule has 0 heterocycles. The lowest BCUT2D eigenvalue weighted by atomic mass is 9.89. The summed E-state index contributed by atoms with van der Waals surface area (Å²) in [5.74, 6) is 0.552. The molecule has 0 aromatic rings. The molecular weight excluding hydrogens is 360 g/mol. The lowest BCUT2D eigenvalue weighted by molar-refractivity contribution is -0.140. The van der Waals surface area contributed by atoms with Crippen molar-refractivity contribution < 1.29 is 19.4 Å². The number of methoxy groups -OCH3 is 1. The predicted molar refractivity (Wildman–Crippen MR) is 113 cm³/mol. The van der Waals surface area contributed by atoms with Crippen molar-refractivity contribution in [2.45, 2.75) is 88.9 Å². The topological polar surface area (TPSA) is 63.6 Å². The number of ether oxygens (including phenoxy) is 1. The Labute approximate surface area is 169 Å². The van der Waals surface area contributed by atoms with Crippen LogP contribution in [0.2, 0.25) is 0 Å². The van der Waals surface area contributed by atoms with E-state index in [0.29, 0.717) is 23.9 Å². The summed E-state index contributed by atoms with van der Waals surface area (Å²) in [5.41, 5.74) is 0. The van der Waals surface area contributed by atoms with E-state index < -0.39 is 6.10 Å². The van der Waals surface area contributed by atoms with Gasteiger partial charge in [-0.3, -0.25) is 9.59 Å². The Morgan fingerprint density at radius 2 is 2.00 bits per heavy atom. The van der Waals surface area contributed by atoms with Crippen molar-refractivity contribution in [3.05, 3.63) is 12.2 Å². The van der Waals surface area contributed by atoms with Crippen molar-refractivity contribution in [2.75, 3.05) is 13.4 Å². The number of aliphatic hydroxyl groups excluding tert-OH is 1. The Balaban J connectivity index is 2.44. The van der Waals surface area contributed by atoms with Gasteiger partial charge in [0.05, 0.1) is 13.2 Å². The van der Waals surface area contributed by atoms with Gasteiger partial charge in [-0.25, -0.2) is 0 Å². The fourth-order valence-corrected chi connectivity index (χ4v) is 4.78. The molecule has 1 N–H and O–H groups in total. The second-order valence-electron chi connectivity index (χ2n) is 7.61. The first-order valence-corrected chi connectivity index (χ1v) is 11.8. The maximum Gasteiger partial charge on any atom is 0.305 e. The van der Waals surface area contributed by atoms with Gasteiger partial charge in [-0.1, -0.05) is 57.6 Å². The van der Waals surface area contributed by atoms with Crippen LogP contribution in [-0.2, 0) is 14.3 Å². The van der Waals surface area contributed by atoms with Gasteiger partial charge in [0.15, 0.2) is 0 Å². The lowest BCUT2D eigenvalue weighted by Crippen LogP contribution is -2.18. The Morgan fingerprint density at radius 1 is 1.26 bits per heavy atom. The third kappa shape index (κ3) is 9.29. The van der Waals surface area contributed by atoms with Crippen LogP contribution in [0.1, 0.15) is 77.6 Å². The smallest absolute Gasteiger partial charge is 0.305 e. The summed E-state index contributed by atoms with van der Waals surface area (Å²) < 4.78 is 4.65. The van der Waals surface area contributed by atoms with Crippen molar-refractivity contribution in [1.29, 1.82) is 0 Å². The molecule has 27 heavy (non-hydrogen) atoms. The molecule has 1 aliphatic rings. The lowest BCUT2D eigenvalue weighted by Gasteiger charge is -2.20. The van der Waals surface area contributed by atoms with Gasteiger partial charge in [-0.15, -0.1) is 0 Å². The van der Waals surface area contributed by atoms with Gasteiger partial charge in [0, 0.05) is 24.0 Å². The van der Waals surface area contributed by atoms with Gasteiger partial charge >= 0.3 is 5.97 Å². The van der Waals surface area contributed by atoms with Crippen LogP contribution >= 0.6 is 11.8 Å². The molecule has 0 aromatic heterocycles. The van der Waals surface area contributed by atoms with Crippen LogP contribution in [0.5, 0.6) is 0 Å². The summed E-state index contributed by atoms with van der Waals surface area (Å²) in [6.45, 7) is 2.16. The van der Waals surface area contributed by atoms with Crippen LogP contribution < -0.4 is 0 Å². The number of ketones is 1. The van der Waals surface area contributed by atoms with E-state index in [1.54, 1.807) is 11.8 Å². The molecule has 0 aromatic carbocycles. The van der Waals surface area contributed by atoms with Crippen molar-refractivity contribution in [3.63, 3.8) is 0 Å². The summed E-state index contributed by atoms with van der Waals surface area (Å²) in [7, 11) is 1.42. The van der Waals surface area contributed by atoms with E-state index in [9.17, 15) is 14.7 Å². The van der Waals surface area contributed by atoms with Crippen LogP contribution in [-0.4, -0.2) is 41.6 Å². The molecular formula is C22H38O4S. The average Bonchev–Trinajstić information content (AvgIpc) is 2.97. The van der Waals surface area contributed by atoms with Crippen LogP contribution in [0, 0.1) is 11.8 Å². The van der Waals surface area contributed by atoms with Gasteiger partial charge < -0.3 is 9.84 Å². The number of allylic oxidation sites excluding steroid dienone is 1. The van der Waals surface area contributed by atoms with E-state index in [0.717, 1.165) is 57.8 Å². The second kappa shape index (κ2) is 14.2. The first-order chi connectivity index (χ1) is 13.0. The number of Topliss-reactive ketones (excluding diaryl/α,β-unsaturated/α-hetero) is 1. The van der Waals surface area contributed by atoms with Gasteiger partial charge in [-0.2, -0.15) is 11.8 Å². The van der Waals surface area contributed by atoms with E-state index in [2.05, 4.69) is 24.0 Å². The molecule has 156 valence electrons. The Kier molecular flexibility index (Phi) is 12.8. The number of rotatable bonds is 14. The molecule has 4 nitrogen and oxygen atoms in total. The zero-order valence-corrected chi connectivity index (χ0v) is 18.1. The highest BCUT2D eigenvalue weighted by Gasteiger charge is 2.39. The molecule has 0 bridgehead atoms. The monoisotopic (exact) mass is 398 g/mol. The van der Waals surface area contributed by atoms with Gasteiger partial charge in [0.1, 0.15) is 5.78 Å². The molecule has 1 fully saturated rings. The summed E-state index contributed by atoms with van der Waals surface area (Å²) in [4.78, 5) is 23.6. The molecule has 0 amide bonds. The summed E-state index contributed by atoms with van der Waals surface area (Å²) in [5, 5.41) is 10.5. The van der Waals surface area contributed by atoms with Crippen LogP contribution in [0.25, 0.3) is 0 Å². The third-order valence-electron chi connectivity index (χ3n) is 5.55. The SMILES string of the molecule is CCCCC[C@H](O)/C=C/[C@H]1C(SC)CC(=O)[C@@H]1CCCCCCC(=O)OC. The highest BCUT2D eigenvalue weighted by atomic mass is 32.2. The van der Waals surface area contributed by atoms with Gasteiger partial charge in [0.2, 0.25) is 0 Å².